The van der Waals surface area contributed by atoms with Gasteiger partial charge in [0.25, 0.3) is 6.47 Å². The molecule has 8 heteroatoms. The number of hydrogen-bond donors (Lipinski definition) is 6. The number of aliphatic hydroxyl groups excluding tert-OH is 6. The molecule has 0 saturated heterocycles. The fourth-order valence-electron chi connectivity index (χ4n) is 0.844. The summed E-state index contributed by atoms with van der Waals surface area (Å²) in [6.45, 7) is -0.995. The number of hydrogen-bond acceptors (Lipinski definition) is 8. The van der Waals surface area contributed by atoms with E-state index in [0.717, 1.165) is 0 Å². The largest absolute Gasteiger partial charge is 0.435 e. The van der Waals surface area contributed by atoms with E-state index in [1.54, 1.807) is 0 Å². The maximum atomic E-state index is 9.78. The van der Waals surface area contributed by atoms with Gasteiger partial charge in [-0.2, -0.15) is 0 Å². The van der Waals surface area contributed by atoms with Crippen LogP contribution in [0.3, 0.4) is 0 Å². The predicted molar refractivity (Wildman–Crippen MR) is 44.3 cm³/mol. The molecule has 5 atom stereocenters. The molecule has 0 amide bonds. The highest BCUT2D eigenvalue weighted by Crippen LogP contribution is 2.08. The highest BCUT2D eigenvalue weighted by Gasteiger charge is 2.34. The minimum atomic E-state index is -2.03. The Kier molecular flexibility index (Phi) is 6.32. The molecule has 0 spiro atoms. The third kappa shape index (κ3) is 4.08. The Bertz CT molecular complexity index is 186. The lowest BCUT2D eigenvalue weighted by Gasteiger charge is -2.27. The Morgan fingerprint density at radius 3 is 1.93 bits per heavy atom. The molecule has 8 nitrogen and oxygen atoms in total. The summed E-state index contributed by atoms with van der Waals surface area (Å²) in [5, 5.41) is 53.5. The smallest absolute Gasteiger partial charge is 0.295 e. The summed E-state index contributed by atoms with van der Waals surface area (Å²) in [6.07, 6.45) is -9.56. The number of ether oxygens (including phenoxy) is 1. The Labute approximate surface area is 85.0 Å². The highest BCUT2D eigenvalue weighted by atomic mass is 16.6. The van der Waals surface area contributed by atoms with Gasteiger partial charge in [-0.3, -0.25) is 4.79 Å². The summed E-state index contributed by atoms with van der Waals surface area (Å²) in [5.74, 6) is 0. The summed E-state index contributed by atoms with van der Waals surface area (Å²) in [4.78, 5) is 9.78. The van der Waals surface area contributed by atoms with Crippen molar-refractivity contribution in [2.75, 3.05) is 6.61 Å². The first-order valence-electron chi connectivity index (χ1n) is 4.06. The first kappa shape index (κ1) is 14.2. The number of carbonyl (C=O) groups is 1. The van der Waals surface area contributed by atoms with E-state index in [2.05, 4.69) is 4.74 Å². The molecule has 0 aromatic carbocycles. The molecule has 0 rings (SSSR count). The lowest BCUT2D eigenvalue weighted by molar-refractivity contribution is -0.205. The van der Waals surface area contributed by atoms with Crippen molar-refractivity contribution < 1.29 is 40.2 Å². The topological polar surface area (TPSA) is 148 Å². The van der Waals surface area contributed by atoms with Gasteiger partial charge in [0.15, 0.2) is 0 Å². The molecule has 0 aliphatic heterocycles. The van der Waals surface area contributed by atoms with E-state index < -0.39 is 37.3 Å². The van der Waals surface area contributed by atoms with Crippen LogP contribution < -0.4 is 0 Å². The van der Waals surface area contributed by atoms with Gasteiger partial charge >= 0.3 is 0 Å². The van der Waals surface area contributed by atoms with Crippen LogP contribution in [0.1, 0.15) is 0 Å². The van der Waals surface area contributed by atoms with Crippen molar-refractivity contribution in [3.8, 4) is 0 Å². The molecule has 6 N–H and O–H groups in total. The van der Waals surface area contributed by atoms with E-state index in [1.165, 1.54) is 0 Å². The summed E-state index contributed by atoms with van der Waals surface area (Å²) in [7, 11) is 0. The molecule has 0 fully saturated rings. The molecule has 0 aliphatic rings. The van der Waals surface area contributed by atoms with Gasteiger partial charge in [-0.1, -0.05) is 0 Å². The van der Waals surface area contributed by atoms with Crippen LogP contribution in [0.2, 0.25) is 0 Å². The third-order valence-corrected chi connectivity index (χ3v) is 1.77. The second-order valence-corrected chi connectivity index (χ2v) is 2.84. The molecular weight excluding hydrogens is 212 g/mol. The number of carbonyl (C=O) groups excluding carboxylic acids is 1. The van der Waals surface area contributed by atoms with Crippen molar-refractivity contribution in [2.45, 2.75) is 30.7 Å². The number of rotatable bonds is 7. The monoisotopic (exact) mass is 226 g/mol. The normalized spacial score (nSPS) is 21.2. The Morgan fingerprint density at radius 2 is 1.53 bits per heavy atom. The lowest BCUT2D eigenvalue weighted by Crippen LogP contribution is -2.50. The molecule has 0 saturated carbocycles. The molecule has 90 valence electrons. The average Bonchev–Trinajstić information content (AvgIpc) is 2.25. The Morgan fingerprint density at radius 1 is 1.00 bits per heavy atom. The van der Waals surface area contributed by atoms with E-state index in [4.69, 9.17) is 30.6 Å². The van der Waals surface area contributed by atoms with Gasteiger partial charge in [0.05, 0.1) is 6.61 Å². The zero-order valence-electron chi connectivity index (χ0n) is 7.67. The molecule has 0 heterocycles. The van der Waals surface area contributed by atoms with Crippen molar-refractivity contribution >= 4 is 6.47 Å². The van der Waals surface area contributed by atoms with Crippen LogP contribution in [0.4, 0.5) is 0 Å². The van der Waals surface area contributed by atoms with Gasteiger partial charge in [0, 0.05) is 0 Å². The van der Waals surface area contributed by atoms with Crippen LogP contribution in [0.5, 0.6) is 0 Å². The van der Waals surface area contributed by atoms with Crippen LogP contribution in [0.15, 0.2) is 0 Å². The fourth-order valence-corrected chi connectivity index (χ4v) is 0.844. The van der Waals surface area contributed by atoms with Gasteiger partial charge < -0.3 is 35.4 Å². The van der Waals surface area contributed by atoms with E-state index in [1.807, 2.05) is 0 Å². The SMILES string of the molecule is O=COC(O)[C@H](O)[C@H](O)[C@H](O)[C@@H](O)CO. The molecular formula is C7H14O8. The van der Waals surface area contributed by atoms with Gasteiger partial charge in [-0.15, -0.1) is 0 Å². The summed E-state index contributed by atoms with van der Waals surface area (Å²) >= 11 is 0. The van der Waals surface area contributed by atoms with E-state index in [9.17, 15) is 4.79 Å². The quantitative estimate of drug-likeness (QED) is 0.189. The van der Waals surface area contributed by atoms with Gasteiger partial charge in [-0.25, -0.2) is 0 Å². The summed E-state index contributed by atoms with van der Waals surface area (Å²) in [6, 6.07) is 0. The van der Waals surface area contributed by atoms with Crippen LogP contribution >= 0.6 is 0 Å². The van der Waals surface area contributed by atoms with E-state index in [-0.39, 0.29) is 6.47 Å². The van der Waals surface area contributed by atoms with E-state index in [0.29, 0.717) is 0 Å². The van der Waals surface area contributed by atoms with Crippen molar-refractivity contribution in [3.05, 3.63) is 0 Å². The van der Waals surface area contributed by atoms with Crippen molar-refractivity contribution in [1.29, 1.82) is 0 Å². The van der Waals surface area contributed by atoms with Crippen LogP contribution in [-0.4, -0.2) is 74.4 Å². The molecule has 0 aromatic rings. The summed E-state index contributed by atoms with van der Waals surface area (Å²) < 4.78 is 3.90. The number of aliphatic hydroxyl groups is 6. The van der Waals surface area contributed by atoms with E-state index >= 15 is 0 Å². The second kappa shape index (κ2) is 6.67. The lowest BCUT2D eigenvalue weighted by atomic mass is 10.0. The predicted octanol–water partition coefficient (Wildman–Crippen LogP) is -4.09. The maximum Gasteiger partial charge on any atom is 0.295 e. The molecule has 15 heavy (non-hydrogen) atoms. The summed E-state index contributed by atoms with van der Waals surface area (Å²) in [5.41, 5.74) is 0. The first-order valence-corrected chi connectivity index (χ1v) is 4.06. The molecule has 1 unspecified atom stereocenters. The van der Waals surface area contributed by atoms with Crippen LogP contribution in [0.25, 0.3) is 0 Å². The van der Waals surface area contributed by atoms with Crippen LogP contribution in [-0.2, 0) is 9.53 Å². The van der Waals surface area contributed by atoms with Gasteiger partial charge in [0.2, 0.25) is 6.29 Å². The second-order valence-electron chi connectivity index (χ2n) is 2.84. The minimum absolute atomic E-state index is 0.157. The molecule has 0 radical (unpaired) electrons. The van der Waals surface area contributed by atoms with Crippen molar-refractivity contribution in [1.82, 2.24) is 0 Å². The third-order valence-electron chi connectivity index (χ3n) is 1.77. The fraction of sp³-hybridized carbons (Fsp3) is 0.857. The first-order chi connectivity index (χ1) is 6.95. The van der Waals surface area contributed by atoms with Gasteiger partial charge in [0.1, 0.15) is 24.4 Å². The minimum Gasteiger partial charge on any atom is -0.435 e. The van der Waals surface area contributed by atoms with Crippen LogP contribution in [0, 0.1) is 0 Å². The molecule has 0 aliphatic carbocycles. The average molecular weight is 226 g/mol. The van der Waals surface area contributed by atoms with Crippen molar-refractivity contribution in [3.63, 3.8) is 0 Å². The Hall–Kier alpha value is -0.770. The highest BCUT2D eigenvalue weighted by molar-refractivity contribution is 5.37. The zero-order chi connectivity index (χ0) is 12.0. The molecule has 0 bridgehead atoms. The maximum absolute atomic E-state index is 9.78. The van der Waals surface area contributed by atoms with Crippen molar-refractivity contribution in [2.24, 2.45) is 0 Å². The standard InChI is InChI=1S/C7H14O8/c8-1-3(10)4(11)5(12)6(13)7(14)15-2-9/h2-8,10-14H,1H2/t3-,4+,5+,6+,7?/m0/s1. The molecule has 0 aromatic heterocycles. The van der Waals surface area contributed by atoms with Gasteiger partial charge in [-0.05, 0) is 0 Å². The zero-order valence-corrected chi connectivity index (χ0v) is 7.67. The Balaban J connectivity index is 4.28.